The van der Waals surface area contributed by atoms with E-state index >= 15 is 0 Å². The number of hydrogen-bond acceptors (Lipinski definition) is 4. The molecule has 5 nitrogen and oxygen atoms in total. The van der Waals surface area contributed by atoms with Crippen LogP contribution in [0, 0.1) is 11.6 Å². The standard InChI is InChI=1S/C24H22F3N5/c1-2-3-14-8-18(26)23(19(27)9-14)21-10-17-22(12-29-21)30-31-24(17)20-5-4-16(11-28-20)32-7-6-15(25)13-32/h4-5,8-12,15H,2-3,6-7,13H2,1H3,(H,30,31). The number of nitrogens with one attached hydrogen (secondary N) is 1. The summed E-state index contributed by atoms with van der Waals surface area (Å²) in [6.45, 7) is 3.00. The number of anilines is 1. The predicted molar refractivity (Wildman–Crippen MR) is 118 cm³/mol. The zero-order valence-corrected chi connectivity index (χ0v) is 17.6. The number of aromatic amines is 1. The van der Waals surface area contributed by atoms with Crippen molar-refractivity contribution in [3.05, 3.63) is 59.9 Å². The normalized spacial score (nSPS) is 16.2. The van der Waals surface area contributed by atoms with Crippen LogP contribution >= 0.6 is 0 Å². The van der Waals surface area contributed by atoms with Crippen LogP contribution in [0.1, 0.15) is 25.3 Å². The Labute approximate surface area is 183 Å². The minimum Gasteiger partial charge on any atom is -0.367 e. The molecule has 1 saturated heterocycles. The Morgan fingerprint density at radius 1 is 1.06 bits per heavy atom. The Balaban J connectivity index is 1.51. The van der Waals surface area contributed by atoms with E-state index in [2.05, 4.69) is 20.2 Å². The minimum absolute atomic E-state index is 0.156. The molecule has 1 aliphatic heterocycles. The van der Waals surface area contributed by atoms with Gasteiger partial charge in [-0.25, -0.2) is 13.2 Å². The van der Waals surface area contributed by atoms with Gasteiger partial charge in [-0.3, -0.25) is 15.1 Å². The maximum atomic E-state index is 14.7. The van der Waals surface area contributed by atoms with Gasteiger partial charge < -0.3 is 4.90 Å². The largest absolute Gasteiger partial charge is 0.367 e. The Morgan fingerprint density at radius 2 is 1.84 bits per heavy atom. The van der Waals surface area contributed by atoms with E-state index in [1.54, 1.807) is 12.3 Å². The van der Waals surface area contributed by atoms with Gasteiger partial charge in [0.15, 0.2) is 0 Å². The molecule has 1 unspecified atom stereocenters. The molecule has 3 aromatic heterocycles. The highest BCUT2D eigenvalue weighted by molar-refractivity contribution is 5.93. The molecule has 0 amide bonds. The first-order valence-corrected chi connectivity index (χ1v) is 10.7. The van der Waals surface area contributed by atoms with Crippen molar-refractivity contribution in [2.45, 2.75) is 32.4 Å². The summed E-state index contributed by atoms with van der Waals surface area (Å²) in [6.07, 6.45) is 4.33. The van der Waals surface area contributed by atoms with E-state index in [9.17, 15) is 13.2 Å². The maximum absolute atomic E-state index is 14.7. The fourth-order valence-corrected chi connectivity index (χ4v) is 4.22. The highest BCUT2D eigenvalue weighted by Crippen LogP contribution is 2.32. The molecule has 4 aromatic rings. The highest BCUT2D eigenvalue weighted by atomic mass is 19.1. The lowest BCUT2D eigenvalue weighted by molar-refractivity contribution is 0.364. The number of rotatable bonds is 5. The van der Waals surface area contributed by atoms with E-state index in [4.69, 9.17) is 0 Å². The number of pyridine rings is 2. The predicted octanol–water partition coefficient (Wildman–Crippen LogP) is 5.47. The zero-order valence-electron chi connectivity index (χ0n) is 17.6. The Kier molecular flexibility index (Phi) is 5.28. The smallest absolute Gasteiger partial charge is 0.135 e. The first-order chi connectivity index (χ1) is 15.5. The van der Waals surface area contributed by atoms with Crippen LogP contribution in [0.3, 0.4) is 0 Å². The summed E-state index contributed by atoms with van der Waals surface area (Å²) in [5.74, 6) is -1.27. The topological polar surface area (TPSA) is 57.7 Å². The third-order valence-electron chi connectivity index (χ3n) is 5.83. The molecular weight excluding hydrogens is 415 g/mol. The van der Waals surface area contributed by atoms with E-state index in [1.807, 2.05) is 24.0 Å². The molecule has 0 bridgehead atoms. The van der Waals surface area contributed by atoms with Crippen molar-refractivity contribution in [1.29, 1.82) is 0 Å². The van der Waals surface area contributed by atoms with E-state index in [0.29, 0.717) is 53.8 Å². The fourth-order valence-electron chi connectivity index (χ4n) is 4.22. The van der Waals surface area contributed by atoms with Crippen molar-refractivity contribution < 1.29 is 13.2 Å². The van der Waals surface area contributed by atoms with Crippen LogP contribution in [0.5, 0.6) is 0 Å². The molecule has 1 aromatic carbocycles. The van der Waals surface area contributed by atoms with Crippen LogP contribution in [0.2, 0.25) is 0 Å². The molecule has 0 radical (unpaired) electrons. The van der Waals surface area contributed by atoms with Crippen molar-refractivity contribution in [2.24, 2.45) is 0 Å². The molecule has 0 saturated carbocycles. The van der Waals surface area contributed by atoms with E-state index < -0.39 is 17.8 Å². The van der Waals surface area contributed by atoms with Gasteiger partial charge >= 0.3 is 0 Å². The summed E-state index contributed by atoms with van der Waals surface area (Å²) < 4.78 is 43.0. The van der Waals surface area contributed by atoms with Gasteiger partial charge in [-0.15, -0.1) is 0 Å². The van der Waals surface area contributed by atoms with Gasteiger partial charge in [0, 0.05) is 18.5 Å². The number of hydrogen-bond donors (Lipinski definition) is 1. The molecule has 1 N–H and O–H groups in total. The molecule has 1 fully saturated rings. The van der Waals surface area contributed by atoms with Crippen LogP contribution in [0.25, 0.3) is 33.5 Å². The second kappa shape index (κ2) is 8.26. The monoisotopic (exact) mass is 437 g/mol. The first kappa shape index (κ1) is 20.5. The van der Waals surface area contributed by atoms with Crippen molar-refractivity contribution in [3.63, 3.8) is 0 Å². The number of alkyl halides is 1. The average Bonchev–Trinajstić information content (AvgIpc) is 3.40. The molecule has 0 aliphatic carbocycles. The Morgan fingerprint density at radius 3 is 2.50 bits per heavy atom. The van der Waals surface area contributed by atoms with Crippen molar-refractivity contribution in [1.82, 2.24) is 20.2 Å². The van der Waals surface area contributed by atoms with Crippen LogP contribution in [0.15, 0.2) is 42.7 Å². The van der Waals surface area contributed by atoms with Crippen LogP contribution < -0.4 is 4.90 Å². The van der Waals surface area contributed by atoms with Crippen LogP contribution in [-0.4, -0.2) is 39.4 Å². The summed E-state index contributed by atoms with van der Waals surface area (Å²) in [5, 5.41) is 7.89. The van der Waals surface area contributed by atoms with E-state index in [-0.39, 0.29) is 11.3 Å². The Hall–Kier alpha value is -3.42. The first-order valence-electron chi connectivity index (χ1n) is 10.7. The average molecular weight is 437 g/mol. The second-order valence-corrected chi connectivity index (χ2v) is 8.11. The lowest BCUT2D eigenvalue weighted by atomic mass is 10.0. The minimum atomic E-state index is -0.812. The van der Waals surface area contributed by atoms with E-state index in [0.717, 1.165) is 12.1 Å². The van der Waals surface area contributed by atoms with Crippen LogP contribution in [0.4, 0.5) is 18.9 Å². The van der Waals surface area contributed by atoms with Gasteiger partial charge in [-0.1, -0.05) is 13.3 Å². The van der Waals surface area contributed by atoms with E-state index in [1.165, 1.54) is 18.3 Å². The summed E-state index contributed by atoms with van der Waals surface area (Å²) in [7, 11) is 0. The quantitative estimate of drug-likeness (QED) is 0.450. The summed E-state index contributed by atoms with van der Waals surface area (Å²) in [6, 6.07) is 8.06. The molecule has 4 heterocycles. The number of H-pyrrole nitrogens is 1. The summed E-state index contributed by atoms with van der Waals surface area (Å²) in [5.41, 5.74) is 3.32. The van der Waals surface area contributed by atoms with Crippen molar-refractivity contribution in [3.8, 4) is 22.6 Å². The lowest BCUT2D eigenvalue weighted by Crippen LogP contribution is -2.19. The Bertz CT molecular complexity index is 1250. The van der Waals surface area contributed by atoms with Crippen molar-refractivity contribution >= 4 is 16.6 Å². The molecule has 0 spiro atoms. The van der Waals surface area contributed by atoms with Crippen LogP contribution in [-0.2, 0) is 6.42 Å². The number of fused-ring (bicyclic) bond motifs is 1. The lowest BCUT2D eigenvalue weighted by Gasteiger charge is -2.16. The third-order valence-corrected chi connectivity index (χ3v) is 5.83. The zero-order chi connectivity index (χ0) is 22.2. The van der Waals surface area contributed by atoms with Gasteiger partial charge in [0.05, 0.1) is 40.5 Å². The number of aromatic nitrogens is 4. The molecule has 8 heteroatoms. The van der Waals surface area contributed by atoms with Crippen molar-refractivity contribution in [2.75, 3.05) is 18.0 Å². The van der Waals surface area contributed by atoms with Gasteiger partial charge in [-0.05, 0) is 48.7 Å². The summed E-state index contributed by atoms with van der Waals surface area (Å²) in [4.78, 5) is 10.7. The van der Waals surface area contributed by atoms with Gasteiger partial charge in [0.1, 0.15) is 23.5 Å². The third kappa shape index (κ3) is 3.70. The molecule has 164 valence electrons. The van der Waals surface area contributed by atoms with Gasteiger partial charge in [-0.2, -0.15) is 5.10 Å². The second-order valence-electron chi connectivity index (χ2n) is 8.11. The number of halogens is 3. The molecule has 1 aliphatic rings. The molecular formula is C24H22F3N5. The number of benzene rings is 1. The maximum Gasteiger partial charge on any atom is 0.135 e. The molecule has 5 rings (SSSR count). The number of nitrogens with zero attached hydrogens (tertiary/aromatic N) is 4. The molecule has 32 heavy (non-hydrogen) atoms. The molecule has 1 atom stereocenters. The van der Waals surface area contributed by atoms with Gasteiger partial charge in [0.2, 0.25) is 0 Å². The summed E-state index contributed by atoms with van der Waals surface area (Å²) >= 11 is 0. The SMILES string of the molecule is CCCc1cc(F)c(-c2cc3c(-c4ccc(N5CCC(F)C5)cn4)n[nH]c3cn2)c(F)c1. The highest BCUT2D eigenvalue weighted by Gasteiger charge is 2.22. The van der Waals surface area contributed by atoms with Gasteiger partial charge in [0.25, 0.3) is 0 Å². The fraction of sp³-hybridized carbons (Fsp3) is 0.292. The number of aryl methyl sites for hydroxylation is 1.